The number of alkyl carbamates (subject to hydrolysis) is 1. The lowest BCUT2D eigenvalue weighted by Crippen LogP contribution is -2.48. The van der Waals surface area contributed by atoms with Crippen molar-refractivity contribution in [2.75, 3.05) is 32.8 Å². The SMILES string of the molecule is CCCC(CCO)CN=C(NCC)NCC(NC(=O)OCC)C1CC1.I. The number of carbonyl (C=O) groups is 1. The van der Waals surface area contributed by atoms with Gasteiger partial charge in [0.15, 0.2) is 5.96 Å². The second kappa shape index (κ2) is 15.3. The molecule has 0 aliphatic heterocycles. The molecule has 1 rings (SSSR count). The van der Waals surface area contributed by atoms with E-state index in [0.717, 1.165) is 44.6 Å². The number of ether oxygens (including phenoxy) is 1. The third-order valence-electron chi connectivity index (χ3n) is 4.35. The Morgan fingerprint density at radius 3 is 2.50 bits per heavy atom. The van der Waals surface area contributed by atoms with Crippen molar-refractivity contribution in [2.45, 2.75) is 58.9 Å². The molecule has 0 aromatic carbocycles. The number of hydrogen-bond donors (Lipinski definition) is 4. The van der Waals surface area contributed by atoms with Gasteiger partial charge in [-0.15, -0.1) is 24.0 Å². The van der Waals surface area contributed by atoms with Crippen LogP contribution in [0, 0.1) is 11.8 Å². The van der Waals surface area contributed by atoms with E-state index in [1.807, 2.05) is 6.92 Å². The van der Waals surface area contributed by atoms with Gasteiger partial charge in [-0.2, -0.15) is 0 Å². The van der Waals surface area contributed by atoms with Crippen molar-refractivity contribution in [1.82, 2.24) is 16.0 Å². The molecule has 0 saturated heterocycles. The van der Waals surface area contributed by atoms with Gasteiger partial charge in [-0.3, -0.25) is 4.99 Å². The van der Waals surface area contributed by atoms with Crippen LogP contribution in [0.4, 0.5) is 4.79 Å². The maximum absolute atomic E-state index is 11.7. The van der Waals surface area contributed by atoms with Gasteiger partial charge < -0.3 is 25.8 Å². The molecule has 26 heavy (non-hydrogen) atoms. The van der Waals surface area contributed by atoms with Crippen LogP contribution in [0.25, 0.3) is 0 Å². The topological polar surface area (TPSA) is 95.0 Å². The summed E-state index contributed by atoms with van der Waals surface area (Å²) >= 11 is 0. The van der Waals surface area contributed by atoms with Crippen molar-refractivity contribution < 1.29 is 14.6 Å². The second-order valence-corrected chi connectivity index (χ2v) is 6.58. The summed E-state index contributed by atoms with van der Waals surface area (Å²) in [6.45, 7) is 8.68. The molecule has 0 heterocycles. The molecule has 0 spiro atoms. The van der Waals surface area contributed by atoms with Gasteiger partial charge in [0, 0.05) is 26.2 Å². The third-order valence-corrected chi connectivity index (χ3v) is 4.35. The summed E-state index contributed by atoms with van der Waals surface area (Å²) in [6, 6.07) is 0.0618. The first-order valence-electron chi connectivity index (χ1n) is 9.70. The number of amides is 1. The minimum Gasteiger partial charge on any atom is -0.450 e. The first-order valence-corrected chi connectivity index (χ1v) is 9.70. The van der Waals surface area contributed by atoms with E-state index in [4.69, 9.17) is 4.74 Å². The van der Waals surface area contributed by atoms with E-state index >= 15 is 0 Å². The Kier molecular flexibility index (Phi) is 14.9. The second-order valence-electron chi connectivity index (χ2n) is 6.58. The summed E-state index contributed by atoms with van der Waals surface area (Å²) in [5.41, 5.74) is 0. The summed E-state index contributed by atoms with van der Waals surface area (Å²) in [7, 11) is 0. The van der Waals surface area contributed by atoms with E-state index in [-0.39, 0.29) is 42.7 Å². The number of aliphatic imine (C=N–C) groups is 1. The number of nitrogens with one attached hydrogen (secondary N) is 3. The number of halogens is 1. The molecule has 0 aromatic rings. The number of guanidine groups is 1. The van der Waals surface area contributed by atoms with Crippen LogP contribution in [0.15, 0.2) is 4.99 Å². The lowest BCUT2D eigenvalue weighted by molar-refractivity contribution is 0.146. The largest absolute Gasteiger partial charge is 0.450 e. The molecule has 0 aromatic heterocycles. The zero-order valence-corrected chi connectivity index (χ0v) is 18.8. The fraction of sp³-hybridized carbons (Fsp3) is 0.889. The van der Waals surface area contributed by atoms with Gasteiger partial charge >= 0.3 is 6.09 Å². The highest BCUT2D eigenvalue weighted by molar-refractivity contribution is 14.0. The summed E-state index contributed by atoms with van der Waals surface area (Å²) in [5.74, 6) is 1.68. The van der Waals surface area contributed by atoms with Crippen molar-refractivity contribution in [3.05, 3.63) is 0 Å². The minimum absolute atomic E-state index is 0. The van der Waals surface area contributed by atoms with Crippen LogP contribution < -0.4 is 16.0 Å². The van der Waals surface area contributed by atoms with Crippen LogP contribution in [0.5, 0.6) is 0 Å². The van der Waals surface area contributed by atoms with Crippen LogP contribution in [0.3, 0.4) is 0 Å². The summed E-state index contributed by atoms with van der Waals surface area (Å²) in [4.78, 5) is 16.3. The molecule has 8 heteroatoms. The van der Waals surface area contributed by atoms with Crippen LogP contribution in [-0.4, -0.2) is 56.0 Å². The van der Waals surface area contributed by atoms with E-state index in [1.165, 1.54) is 0 Å². The maximum atomic E-state index is 11.7. The number of rotatable bonds is 12. The molecule has 2 unspecified atom stereocenters. The molecule has 0 bridgehead atoms. The lowest BCUT2D eigenvalue weighted by Gasteiger charge is -2.21. The Morgan fingerprint density at radius 1 is 1.23 bits per heavy atom. The molecule has 1 fully saturated rings. The van der Waals surface area contributed by atoms with Gasteiger partial charge in [-0.1, -0.05) is 13.3 Å². The zero-order valence-electron chi connectivity index (χ0n) is 16.4. The smallest absolute Gasteiger partial charge is 0.407 e. The highest BCUT2D eigenvalue weighted by atomic mass is 127. The fourth-order valence-corrected chi connectivity index (χ4v) is 2.84. The van der Waals surface area contributed by atoms with Crippen LogP contribution in [0.2, 0.25) is 0 Å². The molecule has 7 nitrogen and oxygen atoms in total. The van der Waals surface area contributed by atoms with E-state index in [2.05, 4.69) is 27.9 Å². The van der Waals surface area contributed by atoms with Crippen molar-refractivity contribution >= 4 is 36.0 Å². The number of aliphatic hydroxyl groups excluding tert-OH is 1. The van der Waals surface area contributed by atoms with Crippen LogP contribution in [-0.2, 0) is 4.74 Å². The van der Waals surface area contributed by atoms with E-state index in [9.17, 15) is 9.90 Å². The first-order chi connectivity index (χ1) is 12.1. The van der Waals surface area contributed by atoms with Gasteiger partial charge in [-0.05, 0) is 51.4 Å². The highest BCUT2D eigenvalue weighted by Gasteiger charge is 2.32. The van der Waals surface area contributed by atoms with Crippen molar-refractivity contribution in [3.63, 3.8) is 0 Å². The van der Waals surface area contributed by atoms with Gasteiger partial charge in [0.1, 0.15) is 0 Å². The van der Waals surface area contributed by atoms with E-state index in [0.29, 0.717) is 31.5 Å². The summed E-state index contributed by atoms with van der Waals surface area (Å²) < 4.78 is 4.99. The molecule has 154 valence electrons. The quantitative estimate of drug-likeness (QED) is 0.194. The normalized spacial score (nSPS) is 16.2. The Bertz CT molecular complexity index is 400. The van der Waals surface area contributed by atoms with Crippen molar-refractivity contribution in [1.29, 1.82) is 0 Å². The maximum Gasteiger partial charge on any atom is 0.407 e. The monoisotopic (exact) mass is 484 g/mol. The van der Waals surface area contributed by atoms with Crippen LogP contribution in [0.1, 0.15) is 52.9 Å². The molecule has 4 N–H and O–H groups in total. The number of aliphatic hydroxyl groups is 1. The molecule has 1 aliphatic rings. The fourth-order valence-electron chi connectivity index (χ4n) is 2.84. The number of hydrogen-bond acceptors (Lipinski definition) is 4. The Morgan fingerprint density at radius 2 is 1.96 bits per heavy atom. The Labute approximate surface area is 175 Å². The predicted molar refractivity (Wildman–Crippen MR) is 116 cm³/mol. The molecule has 1 aliphatic carbocycles. The highest BCUT2D eigenvalue weighted by Crippen LogP contribution is 2.32. The van der Waals surface area contributed by atoms with Crippen molar-refractivity contribution in [2.24, 2.45) is 16.8 Å². The van der Waals surface area contributed by atoms with Crippen LogP contribution >= 0.6 is 24.0 Å². The zero-order chi connectivity index (χ0) is 18.5. The molecule has 1 amide bonds. The third kappa shape index (κ3) is 11.1. The number of nitrogens with zero attached hydrogens (tertiary/aromatic N) is 1. The lowest BCUT2D eigenvalue weighted by atomic mass is 10.0. The van der Waals surface area contributed by atoms with Gasteiger partial charge in [0.2, 0.25) is 0 Å². The Balaban J connectivity index is 0.00000625. The predicted octanol–water partition coefficient (Wildman–Crippen LogP) is 2.48. The van der Waals surface area contributed by atoms with Gasteiger partial charge in [0.25, 0.3) is 0 Å². The molecular weight excluding hydrogens is 447 g/mol. The standard InChI is InChI=1S/C18H36N4O3.HI/c1-4-7-14(10-11-23)12-20-17(19-5-2)21-13-16(15-8-9-15)22-18(24)25-6-3;/h14-16,23H,4-13H2,1-3H3,(H,22,24)(H2,19,20,21);1H. The van der Waals surface area contributed by atoms with Gasteiger partial charge in [-0.25, -0.2) is 4.79 Å². The van der Waals surface area contributed by atoms with E-state index in [1.54, 1.807) is 6.92 Å². The number of carbonyl (C=O) groups excluding carboxylic acids is 1. The van der Waals surface area contributed by atoms with E-state index < -0.39 is 0 Å². The Hall–Kier alpha value is -0.770. The summed E-state index contributed by atoms with van der Waals surface area (Å²) in [5, 5.41) is 18.7. The minimum atomic E-state index is -0.353. The molecule has 1 saturated carbocycles. The van der Waals surface area contributed by atoms with Gasteiger partial charge in [0.05, 0.1) is 12.6 Å². The molecule has 0 radical (unpaired) electrons. The summed E-state index contributed by atoms with van der Waals surface area (Å²) in [6.07, 6.45) is 4.87. The van der Waals surface area contributed by atoms with Crippen molar-refractivity contribution in [3.8, 4) is 0 Å². The average Bonchev–Trinajstić information content (AvgIpc) is 3.41. The molecular formula is C18H37IN4O3. The first kappa shape index (κ1) is 25.2. The molecule has 2 atom stereocenters. The average molecular weight is 484 g/mol.